The molecule has 4 rings (SSSR count). The van der Waals surface area contributed by atoms with Crippen molar-refractivity contribution in [2.24, 2.45) is 5.92 Å². The van der Waals surface area contributed by atoms with Gasteiger partial charge in [0.1, 0.15) is 5.82 Å². The molecule has 0 aliphatic carbocycles. The number of halogens is 1. The number of benzene rings is 1. The Labute approximate surface area is 177 Å². The summed E-state index contributed by atoms with van der Waals surface area (Å²) >= 11 is 7.95. The van der Waals surface area contributed by atoms with E-state index in [1.807, 2.05) is 31.2 Å². The second-order valence-corrected chi connectivity index (χ2v) is 8.57. The molecule has 2 aromatic heterocycles. The van der Waals surface area contributed by atoms with Crippen LogP contribution in [0.5, 0.6) is 5.88 Å². The number of thiazole rings is 1. The maximum atomic E-state index is 12.4. The van der Waals surface area contributed by atoms with E-state index in [4.69, 9.17) is 16.3 Å². The normalized spacial score (nSPS) is 18.8. The lowest BCUT2D eigenvalue weighted by Gasteiger charge is -2.37. The third-order valence-electron chi connectivity index (χ3n) is 5.19. The van der Waals surface area contributed by atoms with Gasteiger partial charge in [0.05, 0.1) is 23.4 Å². The first kappa shape index (κ1) is 20.1. The number of likely N-dealkylation sites (tertiary alicyclic amines) is 1. The van der Waals surface area contributed by atoms with Crippen LogP contribution in [-0.2, 0) is 9.53 Å². The molecule has 9 heteroatoms. The lowest BCUT2D eigenvalue weighted by molar-refractivity contribution is -0.150. The average Bonchev–Trinajstić information content (AvgIpc) is 3.21. The summed E-state index contributed by atoms with van der Waals surface area (Å²) in [5.74, 6) is 0.305. The lowest BCUT2D eigenvalue weighted by atomic mass is 9.94. The van der Waals surface area contributed by atoms with Crippen molar-refractivity contribution in [3.63, 3.8) is 0 Å². The SMILES string of the molecule is CCOC(=O)C1CCCN(C(c2ccccc2Cl)c2sc3nc(C)nn3c2O)C1. The number of aryl methyl sites for hydroxylation is 1. The van der Waals surface area contributed by atoms with Crippen LogP contribution in [0.2, 0.25) is 5.02 Å². The maximum absolute atomic E-state index is 12.4. The van der Waals surface area contributed by atoms with Crippen molar-refractivity contribution in [3.05, 3.63) is 45.6 Å². The third-order valence-corrected chi connectivity index (χ3v) is 6.61. The minimum atomic E-state index is -0.297. The number of rotatable bonds is 5. The average molecular weight is 435 g/mol. The molecule has 0 saturated carbocycles. The third kappa shape index (κ3) is 3.84. The van der Waals surface area contributed by atoms with Crippen LogP contribution in [0.15, 0.2) is 24.3 Å². The smallest absolute Gasteiger partial charge is 0.310 e. The fourth-order valence-corrected chi connectivity index (χ4v) is 5.31. The molecule has 1 fully saturated rings. The number of nitrogens with zero attached hydrogens (tertiary/aromatic N) is 4. The Morgan fingerprint density at radius 1 is 1.45 bits per heavy atom. The van der Waals surface area contributed by atoms with E-state index in [0.29, 0.717) is 29.0 Å². The van der Waals surface area contributed by atoms with Crippen LogP contribution in [0.3, 0.4) is 0 Å². The van der Waals surface area contributed by atoms with Gasteiger partial charge in [-0.25, -0.2) is 4.98 Å². The highest BCUT2D eigenvalue weighted by Crippen LogP contribution is 2.43. The van der Waals surface area contributed by atoms with Crippen LogP contribution >= 0.6 is 22.9 Å². The van der Waals surface area contributed by atoms with Crippen molar-refractivity contribution in [2.45, 2.75) is 32.7 Å². The number of aromatic hydroxyl groups is 1. The zero-order valence-electron chi connectivity index (χ0n) is 16.3. The molecule has 2 atom stereocenters. The van der Waals surface area contributed by atoms with E-state index >= 15 is 0 Å². The van der Waals surface area contributed by atoms with Crippen molar-refractivity contribution in [1.29, 1.82) is 0 Å². The van der Waals surface area contributed by atoms with Crippen LogP contribution in [0.1, 0.15) is 42.1 Å². The Kier molecular flexibility index (Phi) is 5.76. The summed E-state index contributed by atoms with van der Waals surface area (Å²) in [6, 6.07) is 7.32. The van der Waals surface area contributed by atoms with Crippen LogP contribution < -0.4 is 0 Å². The van der Waals surface area contributed by atoms with E-state index in [1.54, 1.807) is 6.92 Å². The number of hydrogen-bond donors (Lipinski definition) is 1. The van der Waals surface area contributed by atoms with Gasteiger partial charge in [-0.1, -0.05) is 41.1 Å². The lowest BCUT2D eigenvalue weighted by Crippen LogP contribution is -2.41. The fourth-order valence-electron chi connectivity index (χ4n) is 3.92. The summed E-state index contributed by atoms with van der Waals surface area (Å²) in [5, 5.41) is 15.8. The number of piperidine rings is 1. The highest BCUT2D eigenvalue weighted by molar-refractivity contribution is 7.17. The molecule has 1 aromatic carbocycles. The fraction of sp³-hybridized carbons (Fsp3) is 0.450. The Bertz CT molecular complexity index is 1030. The van der Waals surface area contributed by atoms with Crippen LogP contribution in [0, 0.1) is 12.8 Å². The summed E-state index contributed by atoms with van der Waals surface area (Å²) in [4.78, 5) is 20.3. The first-order valence-corrected chi connectivity index (χ1v) is 10.9. The molecule has 1 aliphatic rings. The molecule has 3 aromatic rings. The van der Waals surface area contributed by atoms with Gasteiger partial charge in [-0.15, -0.1) is 5.10 Å². The van der Waals surface area contributed by atoms with Crippen molar-refractivity contribution < 1.29 is 14.6 Å². The predicted molar refractivity (Wildman–Crippen MR) is 111 cm³/mol. The van der Waals surface area contributed by atoms with Crippen molar-refractivity contribution >= 4 is 33.9 Å². The van der Waals surface area contributed by atoms with Crippen molar-refractivity contribution in [1.82, 2.24) is 19.5 Å². The zero-order chi connectivity index (χ0) is 20.5. The molecule has 0 radical (unpaired) electrons. The number of carbonyl (C=O) groups is 1. The highest BCUT2D eigenvalue weighted by Gasteiger charge is 2.36. The summed E-state index contributed by atoms with van der Waals surface area (Å²) in [6.45, 7) is 5.31. The first-order chi connectivity index (χ1) is 14.0. The molecule has 1 saturated heterocycles. The summed E-state index contributed by atoms with van der Waals surface area (Å²) in [6.07, 6.45) is 1.66. The molecular formula is C20H23ClN4O3S. The summed E-state index contributed by atoms with van der Waals surface area (Å²) in [7, 11) is 0. The van der Waals surface area contributed by atoms with Gasteiger partial charge in [0.15, 0.2) is 0 Å². The monoisotopic (exact) mass is 434 g/mol. The number of carbonyl (C=O) groups excluding carboxylic acids is 1. The Balaban J connectivity index is 1.76. The molecule has 0 bridgehead atoms. The quantitative estimate of drug-likeness (QED) is 0.615. The van der Waals surface area contributed by atoms with E-state index in [9.17, 15) is 9.90 Å². The molecule has 154 valence electrons. The number of aromatic nitrogens is 3. The van der Waals surface area contributed by atoms with Crippen molar-refractivity contribution in [2.75, 3.05) is 19.7 Å². The van der Waals surface area contributed by atoms with E-state index < -0.39 is 0 Å². The summed E-state index contributed by atoms with van der Waals surface area (Å²) in [5.41, 5.74) is 0.884. The van der Waals surface area contributed by atoms with Gasteiger partial charge in [-0.2, -0.15) is 4.52 Å². The van der Waals surface area contributed by atoms with E-state index in [1.165, 1.54) is 15.9 Å². The van der Waals surface area contributed by atoms with Crippen LogP contribution in [0.25, 0.3) is 4.96 Å². The Hall–Kier alpha value is -2.16. The topological polar surface area (TPSA) is 80.0 Å². The number of fused-ring (bicyclic) bond motifs is 1. The maximum Gasteiger partial charge on any atom is 0.310 e. The summed E-state index contributed by atoms with van der Waals surface area (Å²) < 4.78 is 6.72. The molecule has 7 nitrogen and oxygen atoms in total. The Morgan fingerprint density at radius 2 is 2.24 bits per heavy atom. The van der Waals surface area contributed by atoms with Gasteiger partial charge < -0.3 is 9.84 Å². The number of esters is 1. The molecule has 0 spiro atoms. The van der Waals surface area contributed by atoms with E-state index in [0.717, 1.165) is 29.8 Å². The van der Waals surface area contributed by atoms with Gasteiger partial charge in [0.25, 0.3) is 0 Å². The molecular weight excluding hydrogens is 412 g/mol. The van der Waals surface area contributed by atoms with Gasteiger partial charge >= 0.3 is 5.97 Å². The zero-order valence-corrected chi connectivity index (χ0v) is 17.9. The van der Waals surface area contributed by atoms with E-state index in [2.05, 4.69) is 15.0 Å². The van der Waals surface area contributed by atoms with Gasteiger partial charge in [0.2, 0.25) is 10.8 Å². The second kappa shape index (κ2) is 8.30. The Morgan fingerprint density at radius 3 is 2.97 bits per heavy atom. The predicted octanol–water partition coefficient (Wildman–Crippen LogP) is 3.82. The molecule has 1 N–H and O–H groups in total. The van der Waals surface area contributed by atoms with Gasteiger partial charge in [-0.05, 0) is 44.9 Å². The van der Waals surface area contributed by atoms with Crippen LogP contribution in [0.4, 0.5) is 0 Å². The largest absolute Gasteiger partial charge is 0.492 e. The molecule has 2 unspecified atom stereocenters. The van der Waals surface area contributed by atoms with Gasteiger partial charge in [0, 0.05) is 11.6 Å². The van der Waals surface area contributed by atoms with Gasteiger partial charge in [-0.3, -0.25) is 9.69 Å². The number of hydrogen-bond acceptors (Lipinski definition) is 7. The molecule has 1 aliphatic heterocycles. The minimum absolute atomic E-state index is 0.0637. The highest BCUT2D eigenvalue weighted by atomic mass is 35.5. The van der Waals surface area contributed by atoms with E-state index in [-0.39, 0.29) is 23.8 Å². The number of ether oxygens (including phenoxy) is 1. The minimum Gasteiger partial charge on any atom is -0.492 e. The van der Waals surface area contributed by atoms with Crippen LogP contribution in [-0.4, -0.2) is 50.3 Å². The van der Waals surface area contributed by atoms with Crippen molar-refractivity contribution in [3.8, 4) is 5.88 Å². The first-order valence-electron chi connectivity index (χ1n) is 9.69. The molecule has 0 amide bonds. The standard InChI is InChI=1S/C20H23ClN4O3S/c1-3-28-19(27)13-7-6-10-24(11-13)16(14-8-4-5-9-15(14)21)17-18(26)25-20(29-17)22-12(2)23-25/h4-5,8-9,13,16,26H,3,6-7,10-11H2,1-2H3. The molecule has 3 heterocycles. The second-order valence-electron chi connectivity index (χ2n) is 7.15. The molecule has 29 heavy (non-hydrogen) atoms.